The first kappa shape index (κ1) is 16.4. The lowest BCUT2D eigenvalue weighted by atomic mass is 10.2. The monoisotopic (exact) mass is 328 g/mol. The fraction of sp³-hybridized carbons (Fsp3) is 0.500. The molecule has 0 saturated heterocycles. The van der Waals surface area contributed by atoms with Crippen molar-refractivity contribution in [2.75, 3.05) is 30.4 Å². The molecule has 0 aliphatic carbocycles. The maximum Gasteiger partial charge on any atom is 0.240 e. The number of benzene rings is 1. The van der Waals surface area contributed by atoms with Crippen LogP contribution in [0.15, 0.2) is 18.2 Å². The van der Waals surface area contributed by atoms with Crippen LogP contribution in [0.4, 0.5) is 5.69 Å². The van der Waals surface area contributed by atoms with Crippen molar-refractivity contribution in [1.82, 2.24) is 5.32 Å². The number of amides is 1. The second kappa shape index (κ2) is 6.87. The molecule has 0 bridgehead atoms. The van der Waals surface area contributed by atoms with Crippen LogP contribution < -0.4 is 19.1 Å². The first-order chi connectivity index (χ1) is 10.4. The van der Waals surface area contributed by atoms with Gasteiger partial charge in [-0.2, -0.15) is 0 Å². The van der Waals surface area contributed by atoms with E-state index in [9.17, 15) is 13.2 Å². The Morgan fingerprint density at radius 1 is 1.32 bits per heavy atom. The zero-order valence-electron chi connectivity index (χ0n) is 12.7. The van der Waals surface area contributed by atoms with Gasteiger partial charge in [0, 0.05) is 12.6 Å². The van der Waals surface area contributed by atoms with Crippen LogP contribution in [-0.4, -0.2) is 40.5 Å². The van der Waals surface area contributed by atoms with E-state index >= 15 is 0 Å². The Labute approximate surface area is 130 Å². The molecule has 8 heteroatoms. The molecule has 0 saturated carbocycles. The van der Waals surface area contributed by atoms with Crippen LogP contribution in [0.2, 0.25) is 0 Å². The Morgan fingerprint density at radius 3 is 2.73 bits per heavy atom. The molecule has 7 nitrogen and oxygen atoms in total. The third-order valence-corrected chi connectivity index (χ3v) is 4.32. The van der Waals surface area contributed by atoms with E-state index in [-0.39, 0.29) is 19.2 Å². The molecular formula is C14H20N2O5S. The van der Waals surface area contributed by atoms with E-state index in [0.29, 0.717) is 23.7 Å². The predicted molar refractivity (Wildman–Crippen MR) is 82.7 cm³/mol. The van der Waals surface area contributed by atoms with Crippen LogP contribution >= 0.6 is 0 Å². The van der Waals surface area contributed by atoms with E-state index < -0.39 is 10.0 Å². The summed E-state index contributed by atoms with van der Waals surface area (Å²) in [5.41, 5.74) is 0.373. The smallest absolute Gasteiger partial charge is 0.240 e. The minimum atomic E-state index is -3.58. The summed E-state index contributed by atoms with van der Waals surface area (Å²) in [5.74, 6) is 0.693. The highest BCUT2D eigenvalue weighted by atomic mass is 32.2. The molecule has 1 heterocycles. The van der Waals surface area contributed by atoms with Gasteiger partial charge in [-0.1, -0.05) is 13.3 Å². The number of carbonyl (C=O) groups excluding carboxylic acids is 1. The van der Waals surface area contributed by atoms with Gasteiger partial charge in [-0.3, -0.25) is 9.10 Å². The van der Waals surface area contributed by atoms with Crippen LogP contribution in [0.3, 0.4) is 0 Å². The van der Waals surface area contributed by atoms with Crippen molar-refractivity contribution in [2.24, 2.45) is 0 Å². The number of hydrogen-bond donors (Lipinski definition) is 1. The normalized spacial score (nSPS) is 13.0. The lowest BCUT2D eigenvalue weighted by Crippen LogP contribution is -2.40. The molecule has 1 aromatic rings. The van der Waals surface area contributed by atoms with Gasteiger partial charge in [-0.15, -0.1) is 0 Å². The molecule has 1 aliphatic heterocycles. The Bertz CT molecular complexity index is 645. The van der Waals surface area contributed by atoms with Crippen molar-refractivity contribution in [3.05, 3.63) is 18.2 Å². The van der Waals surface area contributed by atoms with Crippen LogP contribution in [-0.2, 0) is 14.8 Å². The number of nitrogens with one attached hydrogen (secondary N) is 1. The highest BCUT2D eigenvalue weighted by Gasteiger charge is 2.23. The number of anilines is 1. The average molecular weight is 328 g/mol. The molecule has 0 atom stereocenters. The Balaban J connectivity index is 2.15. The number of fused-ring (bicyclic) bond motifs is 1. The van der Waals surface area contributed by atoms with Crippen LogP contribution in [0.1, 0.15) is 19.8 Å². The zero-order valence-corrected chi connectivity index (χ0v) is 13.5. The van der Waals surface area contributed by atoms with Gasteiger partial charge in [-0.25, -0.2) is 8.42 Å². The van der Waals surface area contributed by atoms with E-state index in [4.69, 9.17) is 9.47 Å². The van der Waals surface area contributed by atoms with Crippen LogP contribution in [0.5, 0.6) is 11.5 Å². The second-order valence-electron chi connectivity index (χ2n) is 5.01. The summed E-state index contributed by atoms with van der Waals surface area (Å²) in [6, 6.07) is 4.78. The van der Waals surface area contributed by atoms with E-state index in [1.807, 2.05) is 6.92 Å². The van der Waals surface area contributed by atoms with Crippen molar-refractivity contribution in [3.8, 4) is 11.5 Å². The van der Waals surface area contributed by atoms with Crippen LogP contribution in [0.25, 0.3) is 0 Å². The van der Waals surface area contributed by atoms with Gasteiger partial charge in [0.15, 0.2) is 11.5 Å². The number of carbonyl (C=O) groups is 1. The van der Waals surface area contributed by atoms with Gasteiger partial charge in [0.2, 0.25) is 22.7 Å². The summed E-state index contributed by atoms with van der Waals surface area (Å²) in [6.45, 7) is 2.40. The average Bonchev–Trinajstić information content (AvgIpc) is 2.91. The highest BCUT2D eigenvalue weighted by molar-refractivity contribution is 7.92. The lowest BCUT2D eigenvalue weighted by molar-refractivity contribution is -0.119. The topological polar surface area (TPSA) is 84.9 Å². The highest BCUT2D eigenvalue weighted by Crippen LogP contribution is 2.35. The standard InChI is InChI=1S/C14H20N2O5S/c1-3-4-7-15-14(17)9-16(22(2,18)19)11-5-6-12-13(8-11)21-10-20-12/h5-6,8H,3-4,7,9-10H2,1-2H3,(H,15,17). The van der Waals surface area contributed by atoms with Crippen molar-refractivity contribution < 1.29 is 22.7 Å². The molecule has 0 unspecified atom stereocenters. The maximum atomic E-state index is 12.0. The van der Waals surface area contributed by atoms with Gasteiger partial charge in [0.1, 0.15) is 6.54 Å². The van der Waals surface area contributed by atoms with E-state index in [2.05, 4.69) is 5.32 Å². The number of sulfonamides is 1. The first-order valence-corrected chi connectivity index (χ1v) is 8.90. The third-order valence-electron chi connectivity index (χ3n) is 3.18. The predicted octanol–water partition coefficient (Wildman–Crippen LogP) is 1.10. The molecule has 0 spiro atoms. The van der Waals surface area contributed by atoms with E-state index in [1.165, 1.54) is 0 Å². The zero-order chi connectivity index (χ0) is 16.2. The van der Waals surface area contributed by atoms with E-state index in [1.54, 1.807) is 18.2 Å². The molecule has 2 rings (SSSR count). The molecular weight excluding hydrogens is 308 g/mol. The van der Waals surface area contributed by atoms with Gasteiger partial charge in [0.25, 0.3) is 0 Å². The second-order valence-corrected chi connectivity index (χ2v) is 6.92. The number of nitrogens with zero attached hydrogens (tertiary/aromatic N) is 1. The SMILES string of the molecule is CCCCNC(=O)CN(c1ccc2c(c1)OCO2)S(C)(=O)=O. The van der Waals surface area contributed by atoms with Crippen LogP contribution in [0, 0.1) is 0 Å². The van der Waals surface area contributed by atoms with E-state index in [0.717, 1.165) is 23.4 Å². The third kappa shape index (κ3) is 4.03. The summed E-state index contributed by atoms with van der Waals surface area (Å²) in [7, 11) is -3.58. The number of rotatable bonds is 7. The molecule has 0 aromatic heterocycles. The molecule has 1 aromatic carbocycles. The van der Waals surface area contributed by atoms with Gasteiger partial charge < -0.3 is 14.8 Å². The van der Waals surface area contributed by atoms with Gasteiger partial charge in [0.05, 0.1) is 11.9 Å². The quantitative estimate of drug-likeness (QED) is 0.758. The molecule has 1 N–H and O–H groups in total. The Morgan fingerprint density at radius 2 is 2.05 bits per heavy atom. The largest absolute Gasteiger partial charge is 0.454 e. The first-order valence-electron chi connectivity index (χ1n) is 7.06. The number of unbranched alkanes of at least 4 members (excludes halogenated alkanes) is 1. The summed E-state index contributed by atoms with van der Waals surface area (Å²) < 4.78 is 35.4. The van der Waals surface area contributed by atoms with Crippen molar-refractivity contribution in [1.29, 1.82) is 0 Å². The van der Waals surface area contributed by atoms with Crippen molar-refractivity contribution >= 4 is 21.6 Å². The molecule has 1 amide bonds. The summed E-state index contributed by atoms with van der Waals surface area (Å²) in [4.78, 5) is 11.9. The maximum absolute atomic E-state index is 12.0. The molecule has 122 valence electrons. The Hall–Kier alpha value is -1.96. The van der Waals surface area contributed by atoms with Gasteiger partial charge >= 0.3 is 0 Å². The molecule has 0 fully saturated rings. The van der Waals surface area contributed by atoms with Gasteiger partial charge in [-0.05, 0) is 18.6 Å². The van der Waals surface area contributed by atoms with Crippen molar-refractivity contribution in [2.45, 2.75) is 19.8 Å². The molecule has 22 heavy (non-hydrogen) atoms. The summed E-state index contributed by atoms with van der Waals surface area (Å²) in [5, 5.41) is 2.71. The Kier molecular flexibility index (Phi) is 5.12. The minimum Gasteiger partial charge on any atom is -0.454 e. The summed E-state index contributed by atoms with van der Waals surface area (Å²) >= 11 is 0. The molecule has 1 aliphatic rings. The molecule has 0 radical (unpaired) electrons. The van der Waals surface area contributed by atoms with Crippen molar-refractivity contribution in [3.63, 3.8) is 0 Å². The minimum absolute atomic E-state index is 0.106. The lowest BCUT2D eigenvalue weighted by Gasteiger charge is -2.22. The fourth-order valence-corrected chi connectivity index (χ4v) is 2.88. The summed E-state index contributed by atoms with van der Waals surface area (Å²) in [6.07, 6.45) is 2.88. The fourth-order valence-electron chi connectivity index (χ4n) is 2.03. The number of ether oxygens (including phenoxy) is 2. The number of hydrogen-bond acceptors (Lipinski definition) is 5.